The fraction of sp³-hybridized carbons (Fsp3) is 0.143. The summed E-state index contributed by atoms with van der Waals surface area (Å²) in [4.78, 5) is 66.7. The Bertz CT molecular complexity index is 1270. The third-order valence-corrected chi connectivity index (χ3v) is 4.33. The Morgan fingerprint density at radius 1 is 1.03 bits per heavy atom. The molecule has 6 N–H and O–H groups in total. The fourth-order valence-corrected chi connectivity index (χ4v) is 2.86. The maximum atomic E-state index is 12.4. The Kier molecular flexibility index (Phi) is 7.32. The second kappa shape index (κ2) is 10.5. The minimum absolute atomic E-state index is 0.110. The second-order valence-corrected chi connectivity index (χ2v) is 6.84. The minimum Gasteiger partial charge on any atom is -0.481 e. The zero-order chi connectivity index (χ0) is 23.8. The molecule has 0 unspecified atom stereocenters. The molecular formula is C21H20N6O6. The molecule has 2 amide bonds. The van der Waals surface area contributed by atoms with Crippen LogP contribution in [0.3, 0.4) is 0 Å². The molecule has 1 aromatic carbocycles. The van der Waals surface area contributed by atoms with E-state index in [0.29, 0.717) is 11.3 Å². The Balaban J connectivity index is 1.59. The van der Waals surface area contributed by atoms with Gasteiger partial charge in [0.25, 0.3) is 11.5 Å². The van der Waals surface area contributed by atoms with E-state index in [2.05, 4.69) is 25.9 Å². The summed E-state index contributed by atoms with van der Waals surface area (Å²) in [5.74, 6) is -1.65. The van der Waals surface area contributed by atoms with Gasteiger partial charge in [-0.15, -0.1) is 0 Å². The molecule has 3 rings (SSSR count). The summed E-state index contributed by atoms with van der Waals surface area (Å²) in [6.45, 7) is -0.340. The Morgan fingerprint density at radius 2 is 1.85 bits per heavy atom. The largest absolute Gasteiger partial charge is 0.481 e. The summed E-state index contributed by atoms with van der Waals surface area (Å²) >= 11 is 0. The Morgan fingerprint density at radius 3 is 2.61 bits per heavy atom. The molecule has 0 fully saturated rings. The molecule has 33 heavy (non-hydrogen) atoms. The summed E-state index contributed by atoms with van der Waals surface area (Å²) in [6, 6.07) is 10.7. The van der Waals surface area contributed by atoms with Gasteiger partial charge < -0.3 is 21.1 Å². The molecule has 0 saturated heterocycles. The number of aliphatic carboxylic acids is 1. The van der Waals surface area contributed by atoms with Gasteiger partial charge in [0.05, 0.1) is 6.54 Å². The maximum absolute atomic E-state index is 12.4. The number of anilines is 3. The number of aromatic amines is 2. The first kappa shape index (κ1) is 22.9. The van der Waals surface area contributed by atoms with E-state index in [9.17, 15) is 24.0 Å². The summed E-state index contributed by atoms with van der Waals surface area (Å²) in [5.41, 5.74) is -0.0230. The van der Waals surface area contributed by atoms with E-state index < -0.39 is 29.0 Å². The number of carboxylic acid groups (broad SMARTS) is 1. The number of carboxylic acids is 1. The lowest BCUT2D eigenvalue weighted by Crippen LogP contribution is -2.33. The number of benzene rings is 1. The van der Waals surface area contributed by atoms with Gasteiger partial charge in [-0.25, -0.2) is 9.78 Å². The van der Waals surface area contributed by atoms with Crippen molar-refractivity contribution in [3.8, 4) is 0 Å². The molecule has 12 heteroatoms. The van der Waals surface area contributed by atoms with E-state index in [4.69, 9.17) is 5.11 Å². The van der Waals surface area contributed by atoms with Crippen molar-refractivity contribution in [2.75, 3.05) is 17.2 Å². The number of pyridine rings is 1. The first-order valence-electron chi connectivity index (χ1n) is 9.74. The van der Waals surface area contributed by atoms with Crippen LogP contribution in [0.5, 0.6) is 0 Å². The summed E-state index contributed by atoms with van der Waals surface area (Å²) in [7, 11) is 0. The van der Waals surface area contributed by atoms with Crippen molar-refractivity contribution in [1.82, 2.24) is 20.3 Å². The number of carbonyl (C=O) groups excluding carboxylic acids is 2. The summed E-state index contributed by atoms with van der Waals surface area (Å²) < 4.78 is 0. The minimum atomic E-state index is -0.967. The van der Waals surface area contributed by atoms with E-state index >= 15 is 0 Å². The molecule has 0 saturated carbocycles. The fourth-order valence-electron chi connectivity index (χ4n) is 2.86. The van der Waals surface area contributed by atoms with Crippen LogP contribution in [-0.2, 0) is 16.0 Å². The number of nitrogens with one attached hydrogen (secondary N) is 5. The van der Waals surface area contributed by atoms with Crippen molar-refractivity contribution in [1.29, 1.82) is 0 Å². The van der Waals surface area contributed by atoms with Gasteiger partial charge in [0.1, 0.15) is 11.6 Å². The highest BCUT2D eigenvalue weighted by Gasteiger charge is 2.12. The third kappa shape index (κ3) is 6.89. The second-order valence-electron chi connectivity index (χ2n) is 6.84. The van der Waals surface area contributed by atoms with Gasteiger partial charge in [0, 0.05) is 29.9 Å². The van der Waals surface area contributed by atoms with Crippen LogP contribution in [0.2, 0.25) is 0 Å². The highest BCUT2D eigenvalue weighted by Crippen LogP contribution is 2.15. The zero-order valence-electron chi connectivity index (χ0n) is 17.2. The quantitative estimate of drug-likeness (QED) is 0.272. The molecule has 0 radical (unpaired) electrons. The van der Waals surface area contributed by atoms with E-state index in [0.717, 1.165) is 6.07 Å². The Hall–Kier alpha value is -4.74. The van der Waals surface area contributed by atoms with Gasteiger partial charge in [0.2, 0.25) is 5.91 Å². The number of aromatic nitrogens is 3. The zero-order valence-corrected chi connectivity index (χ0v) is 17.2. The lowest BCUT2D eigenvalue weighted by Gasteiger charge is -2.11. The first-order valence-corrected chi connectivity index (χ1v) is 9.74. The highest BCUT2D eigenvalue weighted by atomic mass is 16.4. The number of carbonyl (C=O) groups is 3. The molecule has 2 heterocycles. The highest BCUT2D eigenvalue weighted by molar-refractivity contribution is 5.99. The molecule has 2 aromatic heterocycles. The van der Waals surface area contributed by atoms with Gasteiger partial charge in [-0.2, -0.15) is 0 Å². The van der Waals surface area contributed by atoms with Crippen molar-refractivity contribution >= 4 is 35.1 Å². The number of rotatable bonds is 9. The predicted octanol–water partition coefficient (Wildman–Crippen LogP) is 0.587. The molecule has 0 aliphatic carbocycles. The first-order chi connectivity index (χ1) is 15.8. The molecule has 3 aromatic rings. The smallest absolute Gasteiger partial charge is 0.327 e. The molecule has 12 nitrogen and oxygen atoms in total. The molecule has 0 atom stereocenters. The van der Waals surface area contributed by atoms with Crippen molar-refractivity contribution < 1.29 is 19.5 Å². The summed E-state index contributed by atoms with van der Waals surface area (Å²) in [6.07, 6.45) is 1.55. The van der Waals surface area contributed by atoms with Crippen LogP contribution in [-0.4, -0.2) is 44.4 Å². The average molecular weight is 452 g/mol. The van der Waals surface area contributed by atoms with E-state index in [1.165, 1.54) is 18.3 Å². The standard InChI is InChI=1S/C21H20N6O6/c28-16-10-15(25-21(33)27-16)24-14-5-1-3-13(9-14)20(32)23-11-17(29)26-19-12(4-2-8-22-19)6-7-18(30)31/h1-5,8-10H,6-7,11H2,(H,23,32)(H,30,31)(H,22,26,29)(H3,24,25,27,28,33). The van der Waals surface area contributed by atoms with E-state index in [1.807, 2.05) is 4.98 Å². The lowest BCUT2D eigenvalue weighted by atomic mass is 10.1. The molecular weight excluding hydrogens is 432 g/mol. The topological polar surface area (TPSA) is 186 Å². The summed E-state index contributed by atoms with van der Waals surface area (Å²) in [5, 5.41) is 16.7. The van der Waals surface area contributed by atoms with Crippen LogP contribution in [0, 0.1) is 0 Å². The van der Waals surface area contributed by atoms with E-state index in [-0.39, 0.29) is 36.6 Å². The SMILES string of the molecule is O=C(O)CCc1cccnc1NC(=O)CNC(=O)c1cccc(Nc2cc(=O)[nH]c(=O)[nH]2)c1. The van der Waals surface area contributed by atoms with Gasteiger partial charge in [-0.05, 0) is 36.2 Å². The number of hydrogen-bond donors (Lipinski definition) is 6. The third-order valence-electron chi connectivity index (χ3n) is 4.33. The van der Waals surface area contributed by atoms with Crippen molar-refractivity contribution in [2.24, 2.45) is 0 Å². The van der Waals surface area contributed by atoms with Crippen LogP contribution in [0.25, 0.3) is 0 Å². The number of aryl methyl sites for hydroxylation is 1. The monoisotopic (exact) mass is 452 g/mol. The average Bonchev–Trinajstić information content (AvgIpc) is 2.76. The molecule has 0 bridgehead atoms. The van der Waals surface area contributed by atoms with Crippen LogP contribution < -0.4 is 27.2 Å². The number of amides is 2. The predicted molar refractivity (Wildman–Crippen MR) is 119 cm³/mol. The van der Waals surface area contributed by atoms with Gasteiger partial charge in [0.15, 0.2) is 0 Å². The van der Waals surface area contributed by atoms with Crippen molar-refractivity contribution in [3.63, 3.8) is 0 Å². The van der Waals surface area contributed by atoms with Crippen LogP contribution in [0.4, 0.5) is 17.3 Å². The van der Waals surface area contributed by atoms with E-state index in [1.54, 1.807) is 24.3 Å². The normalized spacial score (nSPS) is 10.3. The number of nitrogens with zero attached hydrogens (tertiary/aromatic N) is 1. The molecule has 0 aliphatic heterocycles. The van der Waals surface area contributed by atoms with Crippen LogP contribution in [0.15, 0.2) is 58.3 Å². The lowest BCUT2D eigenvalue weighted by molar-refractivity contribution is -0.137. The van der Waals surface area contributed by atoms with Crippen molar-refractivity contribution in [2.45, 2.75) is 12.8 Å². The van der Waals surface area contributed by atoms with Crippen LogP contribution >= 0.6 is 0 Å². The van der Waals surface area contributed by atoms with Crippen LogP contribution in [0.1, 0.15) is 22.3 Å². The number of hydrogen-bond acceptors (Lipinski definition) is 7. The molecule has 0 spiro atoms. The number of H-pyrrole nitrogens is 2. The van der Waals surface area contributed by atoms with Crippen molar-refractivity contribution in [3.05, 3.63) is 80.6 Å². The molecule has 170 valence electrons. The maximum Gasteiger partial charge on any atom is 0.327 e. The van der Waals surface area contributed by atoms with Gasteiger partial charge in [-0.3, -0.25) is 29.1 Å². The van der Waals surface area contributed by atoms with Gasteiger partial charge in [-0.1, -0.05) is 12.1 Å². The van der Waals surface area contributed by atoms with Gasteiger partial charge >= 0.3 is 11.7 Å². The Labute approximate surface area is 186 Å². The molecule has 0 aliphatic rings.